The van der Waals surface area contributed by atoms with Gasteiger partial charge >= 0.3 is 5.97 Å². The molecule has 6 nitrogen and oxygen atoms in total. The van der Waals surface area contributed by atoms with Gasteiger partial charge in [0.1, 0.15) is 0 Å². The number of piperidine rings is 1. The van der Waals surface area contributed by atoms with Crippen molar-refractivity contribution >= 4 is 5.97 Å². The molecule has 1 saturated heterocycles. The number of carbonyl (C=O) groups excluding carboxylic acids is 1. The number of hydrogen-bond acceptors (Lipinski definition) is 6. The molecule has 1 heterocycles. The smallest absolute Gasteiger partial charge is 0.305 e. The Kier molecular flexibility index (Phi) is 6.59. The van der Waals surface area contributed by atoms with Crippen LogP contribution in [0.3, 0.4) is 0 Å². The van der Waals surface area contributed by atoms with Gasteiger partial charge in [0.2, 0.25) is 6.41 Å². The van der Waals surface area contributed by atoms with E-state index in [1.165, 1.54) is 7.11 Å². The summed E-state index contributed by atoms with van der Waals surface area (Å²) in [4.78, 5) is 13.0. The maximum atomic E-state index is 11.1. The summed E-state index contributed by atoms with van der Waals surface area (Å²) in [7, 11) is 1.40. The van der Waals surface area contributed by atoms with Crippen LogP contribution in [-0.4, -0.2) is 53.7 Å². The first kappa shape index (κ1) is 18.4. The molecule has 0 aromatic heterocycles. The molecule has 1 unspecified atom stereocenters. The Hall–Kier alpha value is -0.690. The van der Waals surface area contributed by atoms with Gasteiger partial charge in [0.15, 0.2) is 0 Å². The first-order valence-electron chi connectivity index (χ1n) is 7.61. The van der Waals surface area contributed by atoms with Gasteiger partial charge in [0.05, 0.1) is 12.7 Å². The van der Waals surface area contributed by atoms with Crippen molar-refractivity contribution in [2.45, 2.75) is 70.4 Å². The number of esters is 1. The van der Waals surface area contributed by atoms with Crippen molar-refractivity contribution in [3.63, 3.8) is 0 Å². The minimum atomic E-state index is -0.885. The zero-order chi connectivity index (χ0) is 16.1. The summed E-state index contributed by atoms with van der Waals surface area (Å²) in [6.07, 6.45) is 2.65. The summed E-state index contributed by atoms with van der Waals surface area (Å²) in [6, 6.07) is 0. The molecule has 0 bridgehead atoms. The van der Waals surface area contributed by atoms with Crippen molar-refractivity contribution in [1.29, 1.82) is 0 Å². The highest BCUT2D eigenvalue weighted by molar-refractivity contribution is 5.69. The van der Waals surface area contributed by atoms with Crippen LogP contribution in [0.5, 0.6) is 0 Å². The first-order chi connectivity index (χ1) is 9.65. The third-order valence-corrected chi connectivity index (χ3v) is 3.85. The lowest BCUT2D eigenvalue weighted by atomic mass is 9.84. The van der Waals surface area contributed by atoms with E-state index in [4.69, 9.17) is 10.5 Å². The number of nitrogens with zero attached hydrogens (tertiary/aromatic N) is 1. The summed E-state index contributed by atoms with van der Waals surface area (Å²) in [6.45, 7) is 7.15. The van der Waals surface area contributed by atoms with Crippen LogP contribution in [0, 0.1) is 0 Å². The Labute approximate surface area is 127 Å². The molecule has 0 amide bonds. The molecule has 21 heavy (non-hydrogen) atoms. The summed E-state index contributed by atoms with van der Waals surface area (Å²) in [5.41, 5.74) is 5.74. The van der Waals surface area contributed by atoms with Crippen molar-refractivity contribution < 1.29 is 19.4 Å². The molecular weight excluding hydrogens is 272 g/mol. The molecule has 1 rings (SSSR count). The number of nitrogens with two attached hydrogens (primary N) is 1. The topological polar surface area (TPSA) is 85.0 Å². The van der Waals surface area contributed by atoms with E-state index in [1.54, 1.807) is 0 Å². The molecule has 1 atom stereocenters. The standard InChI is InChI=1S/C15H30N2O4/c1-14(2,3)21-13(19)17-10-8-15(16,9-11-17)7-5-6-12(18)20-4/h13,19H,5-11,16H2,1-4H3. The Morgan fingerprint density at radius 1 is 1.38 bits per heavy atom. The summed E-state index contributed by atoms with van der Waals surface area (Å²) < 4.78 is 10.2. The van der Waals surface area contributed by atoms with E-state index < -0.39 is 6.41 Å². The zero-order valence-corrected chi connectivity index (χ0v) is 13.7. The van der Waals surface area contributed by atoms with Gasteiger partial charge < -0.3 is 20.3 Å². The van der Waals surface area contributed by atoms with Crippen LogP contribution >= 0.6 is 0 Å². The molecule has 0 aliphatic carbocycles. The second-order valence-electron chi connectivity index (χ2n) is 6.88. The number of aliphatic hydroxyl groups is 1. The monoisotopic (exact) mass is 302 g/mol. The minimum absolute atomic E-state index is 0.190. The zero-order valence-electron chi connectivity index (χ0n) is 13.7. The molecule has 0 aromatic rings. The van der Waals surface area contributed by atoms with Crippen molar-refractivity contribution in [1.82, 2.24) is 4.90 Å². The SMILES string of the molecule is COC(=O)CCCC1(N)CCN(C(O)OC(C)(C)C)CC1. The molecule has 0 spiro atoms. The summed E-state index contributed by atoms with van der Waals surface area (Å²) in [5, 5.41) is 10.1. The Morgan fingerprint density at radius 3 is 2.43 bits per heavy atom. The molecule has 1 fully saturated rings. The van der Waals surface area contributed by atoms with Crippen molar-refractivity contribution in [2.24, 2.45) is 5.73 Å². The van der Waals surface area contributed by atoms with Gasteiger partial charge in [-0.3, -0.25) is 9.69 Å². The third kappa shape index (κ3) is 6.74. The molecular formula is C15H30N2O4. The fourth-order valence-corrected chi connectivity index (χ4v) is 2.52. The fraction of sp³-hybridized carbons (Fsp3) is 0.933. The minimum Gasteiger partial charge on any atom is -0.469 e. The Bertz CT molecular complexity index is 333. The lowest BCUT2D eigenvalue weighted by Crippen LogP contribution is -2.54. The second-order valence-corrected chi connectivity index (χ2v) is 6.88. The van der Waals surface area contributed by atoms with E-state index in [1.807, 2.05) is 25.7 Å². The second kappa shape index (κ2) is 7.54. The van der Waals surface area contributed by atoms with Crippen LogP contribution < -0.4 is 5.73 Å². The number of carbonyl (C=O) groups is 1. The maximum absolute atomic E-state index is 11.1. The lowest BCUT2D eigenvalue weighted by Gasteiger charge is -2.42. The van der Waals surface area contributed by atoms with E-state index in [-0.39, 0.29) is 17.1 Å². The van der Waals surface area contributed by atoms with Gasteiger partial charge in [-0.2, -0.15) is 0 Å². The average molecular weight is 302 g/mol. The van der Waals surface area contributed by atoms with E-state index in [0.717, 1.165) is 25.7 Å². The van der Waals surface area contributed by atoms with Gasteiger partial charge in [0.25, 0.3) is 0 Å². The van der Waals surface area contributed by atoms with Gasteiger partial charge in [-0.1, -0.05) is 0 Å². The highest BCUT2D eigenvalue weighted by atomic mass is 16.6. The van der Waals surface area contributed by atoms with Crippen molar-refractivity contribution in [3.8, 4) is 0 Å². The van der Waals surface area contributed by atoms with Gasteiger partial charge in [0, 0.05) is 25.0 Å². The predicted octanol–water partition coefficient (Wildman–Crippen LogP) is 1.21. The van der Waals surface area contributed by atoms with Crippen molar-refractivity contribution in [3.05, 3.63) is 0 Å². The van der Waals surface area contributed by atoms with Crippen molar-refractivity contribution in [2.75, 3.05) is 20.2 Å². The number of rotatable bonds is 6. The van der Waals surface area contributed by atoms with E-state index in [0.29, 0.717) is 19.5 Å². The highest BCUT2D eigenvalue weighted by Crippen LogP contribution is 2.27. The molecule has 6 heteroatoms. The molecule has 1 aliphatic heterocycles. The highest BCUT2D eigenvalue weighted by Gasteiger charge is 2.33. The average Bonchev–Trinajstić information content (AvgIpc) is 2.37. The van der Waals surface area contributed by atoms with Crippen LogP contribution in [-0.2, 0) is 14.3 Å². The predicted molar refractivity (Wildman–Crippen MR) is 80.4 cm³/mol. The number of hydrogen-bond donors (Lipinski definition) is 2. The van der Waals surface area contributed by atoms with Crippen LogP contribution in [0.4, 0.5) is 0 Å². The number of ether oxygens (including phenoxy) is 2. The largest absolute Gasteiger partial charge is 0.469 e. The number of likely N-dealkylation sites (tertiary alicyclic amines) is 1. The fourth-order valence-electron chi connectivity index (χ4n) is 2.52. The number of methoxy groups -OCH3 is 1. The van der Waals surface area contributed by atoms with Crippen LogP contribution in [0.15, 0.2) is 0 Å². The summed E-state index contributed by atoms with van der Waals surface area (Å²) >= 11 is 0. The third-order valence-electron chi connectivity index (χ3n) is 3.85. The molecule has 124 valence electrons. The van der Waals surface area contributed by atoms with E-state index in [9.17, 15) is 9.90 Å². The summed E-state index contributed by atoms with van der Waals surface area (Å²) in [5.74, 6) is -0.190. The van der Waals surface area contributed by atoms with E-state index >= 15 is 0 Å². The molecule has 3 N–H and O–H groups in total. The van der Waals surface area contributed by atoms with Crippen LogP contribution in [0.2, 0.25) is 0 Å². The van der Waals surface area contributed by atoms with E-state index in [2.05, 4.69) is 4.74 Å². The lowest BCUT2D eigenvalue weighted by molar-refractivity contribution is -0.243. The normalized spacial score (nSPS) is 21.0. The van der Waals surface area contributed by atoms with Crippen LogP contribution in [0.25, 0.3) is 0 Å². The Morgan fingerprint density at radius 2 is 1.95 bits per heavy atom. The molecule has 1 aliphatic rings. The van der Waals surface area contributed by atoms with Gasteiger partial charge in [-0.05, 0) is 46.5 Å². The first-order valence-corrected chi connectivity index (χ1v) is 7.61. The number of aliphatic hydroxyl groups excluding tert-OH is 1. The molecule has 0 saturated carbocycles. The van der Waals surface area contributed by atoms with Crippen LogP contribution in [0.1, 0.15) is 52.9 Å². The molecule has 0 radical (unpaired) electrons. The maximum Gasteiger partial charge on any atom is 0.305 e. The molecule has 0 aromatic carbocycles. The van der Waals surface area contributed by atoms with Gasteiger partial charge in [-0.25, -0.2) is 0 Å². The van der Waals surface area contributed by atoms with Gasteiger partial charge in [-0.15, -0.1) is 0 Å². The Balaban J connectivity index is 2.34. The quantitative estimate of drug-likeness (QED) is 0.567.